The van der Waals surface area contributed by atoms with E-state index in [1.807, 2.05) is 66.7 Å². The van der Waals surface area contributed by atoms with Gasteiger partial charge in [-0.25, -0.2) is 0 Å². The number of benzene rings is 3. The summed E-state index contributed by atoms with van der Waals surface area (Å²) in [5.74, 6) is 2.30. The van der Waals surface area contributed by atoms with Gasteiger partial charge in [0.2, 0.25) is 0 Å². The summed E-state index contributed by atoms with van der Waals surface area (Å²) in [5, 5.41) is 7.77. The molecule has 0 bridgehead atoms. The van der Waals surface area contributed by atoms with E-state index in [0.29, 0.717) is 22.9 Å². The predicted octanol–water partition coefficient (Wildman–Crippen LogP) is 7.36. The lowest BCUT2D eigenvalue weighted by molar-refractivity contribution is -0.118. The molecule has 1 aliphatic carbocycles. The molecule has 1 atom stereocenters. The van der Waals surface area contributed by atoms with Gasteiger partial charge in [0.1, 0.15) is 17.2 Å². The quantitative estimate of drug-likeness (QED) is 0.413. The van der Waals surface area contributed by atoms with Crippen LogP contribution in [0.25, 0.3) is 0 Å². The zero-order valence-corrected chi connectivity index (χ0v) is 20.2. The largest absolute Gasteiger partial charge is 0.497 e. The van der Waals surface area contributed by atoms with Crippen LogP contribution in [0.5, 0.6) is 17.2 Å². The van der Waals surface area contributed by atoms with Gasteiger partial charge in [0, 0.05) is 28.8 Å². The van der Waals surface area contributed by atoms with Gasteiger partial charge in [-0.2, -0.15) is 0 Å². The molecule has 6 heteroatoms. The molecule has 1 unspecified atom stereocenters. The molecule has 2 N–H and O–H groups in total. The first-order valence-corrected chi connectivity index (χ1v) is 11.7. The summed E-state index contributed by atoms with van der Waals surface area (Å²) in [6.45, 7) is 4.26. The van der Waals surface area contributed by atoms with Crippen molar-refractivity contribution in [1.29, 1.82) is 0 Å². The van der Waals surface area contributed by atoms with Crippen LogP contribution in [0.1, 0.15) is 38.3 Å². The molecule has 0 aromatic heterocycles. The van der Waals surface area contributed by atoms with E-state index in [9.17, 15) is 4.79 Å². The molecule has 2 aliphatic rings. The normalized spacial score (nSPS) is 18.7. The zero-order valence-electron chi connectivity index (χ0n) is 19.4. The Morgan fingerprint density at radius 1 is 0.912 bits per heavy atom. The Morgan fingerprint density at radius 3 is 2.35 bits per heavy atom. The molecular formula is C28H27ClN2O3. The van der Waals surface area contributed by atoms with Gasteiger partial charge in [-0.1, -0.05) is 43.6 Å². The SMILES string of the molecule is COc1ccc(Oc2ccc3c(c2)NC(c2ccccc2Cl)C2=C(CC(C)(C)CC2=O)N3)cc1. The van der Waals surface area contributed by atoms with Gasteiger partial charge in [-0.3, -0.25) is 4.79 Å². The number of nitrogens with one attached hydrogen (secondary N) is 2. The van der Waals surface area contributed by atoms with Gasteiger partial charge < -0.3 is 20.1 Å². The van der Waals surface area contributed by atoms with Crippen LogP contribution in [0.3, 0.4) is 0 Å². The second-order valence-corrected chi connectivity index (χ2v) is 9.95. The van der Waals surface area contributed by atoms with E-state index in [4.69, 9.17) is 21.1 Å². The first-order chi connectivity index (χ1) is 16.3. The fraction of sp³-hybridized carbons (Fsp3) is 0.250. The molecule has 34 heavy (non-hydrogen) atoms. The fourth-order valence-corrected chi connectivity index (χ4v) is 4.95. The van der Waals surface area contributed by atoms with E-state index in [0.717, 1.165) is 40.4 Å². The minimum atomic E-state index is -0.364. The minimum Gasteiger partial charge on any atom is -0.497 e. The van der Waals surface area contributed by atoms with Gasteiger partial charge >= 0.3 is 0 Å². The van der Waals surface area contributed by atoms with Crippen molar-refractivity contribution in [3.05, 3.63) is 88.6 Å². The number of rotatable bonds is 4. The maximum Gasteiger partial charge on any atom is 0.163 e. The molecule has 174 valence electrons. The fourth-order valence-electron chi connectivity index (χ4n) is 4.71. The number of halogens is 1. The lowest BCUT2D eigenvalue weighted by Gasteiger charge is -2.34. The van der Waals surface area contributed by atoms with E-state index >= 15 is 0 Å². The van der Waals surface area contributed by atoms with E-state index in [-0.39, 0.29) is 17.2 Å². The highest BCUT2D eigenvalue weighted by Crippen LogP contribution is 2.47. The molecule has 1 heterocycles. The van der Waals surface area contributed by atoms with Crippen molar-refractivity contribution in [3.63, 3.8) is 0 Å². The summed E-state index contributed by atoms with van der Waals surface area (Å²) in [4.78, 5) is 13.4. The highest BCUT2D eigenvalue weighted by Gasteiger charge is 2.39. The molecule has 0 saturated carbocycles. The molecule has 0 amide bonds. The second kappa shape index (κ2) is 8.73. The summed E-state index contributed by atoms with van der Waals surface area (Å²) in [7, 11) is 1.63. The lowest BCUT2D eigenvalue weighted by atomic mass is 9.73. The van der Waals surface area contributed by atoms with E-state index < -0.39 is 0 Å². The summed E-state index contributed by atoms with van der Waals surface area (Å²) >= 11 is 6.61. The van der Waals surface area contributed by atoms with Crippen molar-refractivity contribution >= 4 is 28.8 Å². The molecule has 3 aromatic carbocycles. The van der Waals surface area contributed by atoms with E-state index in [1.165, 1.54) is 0 Å². The van der Waals surface area contributed by atoms with Crippen LogP contribution in [-0.2, 0) is 4.79 Å². The van der Waals surface area contributed by atoms with Crippen LogP contribution in [-0.4, -0.2) is 12.9 Å². The summed E-state index contributed by atoms with van der Waals surface area (Å²) in [6.07, 6.45) is 1.28. The average Bonchev–Trinajstić information content (AvgIpc) is 2.95. The highest BCUT2D eigenvalue weighted by molar-refractivity contribution is 6.31. The van der Waals surface area contributed by atoms with Crippen LogP contribution in [0.4, 0.5) is 11.4 Å². The van der Waals surface area contributed by atoms with Gasteiger partial charge in [0.25, 0.3) is 0 Å². The Balaban J connectivity index is 1.55. The lowest BCUT2D eigenvalue weighted by Crippen LogP contribution is -2.31. The third-order valence-corrected chi connectivity index (χ3v) is 6.64. The number of methoxy groups -OCH3 is 1. The molecule has 1 aliphatic heterocycles. The first-order valence-electron chi connectivity index (χ1n) is 11.3. The number of fused-ring (bicyclic) bond motifs is 1. The monoisotopic (exact) mass is 474 g/mol. The summed E-state index contributed by atoms with van der Waals surface area (Å²) in [6, 6.07) is 20.6. The number of anilines is 2. The maximum atomic E-state index is 13.4. The summed E-state index contributed by atoms with van der Waals surface area (Å²) < 4.78 is 11.3. The Labute approximate surface area is 204 Å². The van der Waals surface area contributed by atoms with Crippen molar-refractivity contribution in [1.82, 2.24) is 0 Å². The average molecular weight is 475 g/mol. The Bertz CT molecular complexity index is 1280. The third-order valence-electron chi connectivity index (χ3n) is 6.30. The zero-order chi connectivity index (χ0) is 23.9. The van der Waals surface area contributed by atoms with Crippen LogP contribution in [0.2, 0.25) is 5.02 Å². The van der Waals surface area contributed by atoms with Crippen LogP contribution >= 0.6 is 11.6 Å². The molecule has 0 spiro atoms. The second-order valence-electron chi connectivity index (χ2n) is 9.54. The van der Waals surface area contributed by atoms with E-state index in [1.54, 1.807) is 7.11 Å². The third kappa shape index (κ3) is 4.36. The number of hydrogen-bond acceptors (Lipinski definition) is 5. The number of allylic oxidation sites excluding steroid dienone is 1. The predicted molar refractivity (Wildman–Crippen MR) is 136 cm³/mol. The van der Waals surface area contributed by atoms with Crippen LogP contribution < -0.4 is 20.1 Å². The number of ketones is 1. The first kappa shape index (κ1) is 22.4. The van der Waals surface area contributed by atoms with Crippen molar-refractivity contribution < 1.29 is 14.3 Å². The molecule has 5 rings (SSSR count). The van der Waals surface area contributed by atoms with Gasteiger partial charge in [-0.15, -0.1) is 0 Å². The molecular weight excluding hydrogens is 448 g/mol. The molecule has 0 saturated heterocycles. The van der Waals surface area contributed by atoms with E-state index in [2.05, 4.69) is 24.5 Å². The van der Waals surface area contributed by atoms with Crippen LogP contribution in [0, 0.1) is 5.41 Å². The molecule has 0 radical (unpaired) electrons. The van der Waals surface area contributed by atoms with Crippen molar-refractivity contribution in [2.75, 3.05) is 17.7 Å². The maximum absolute atomic E-state index is 13.4. The summed E-state index contributed by atoms with van der Waals surface area (Å²) in [5.41, 5.74) is 4.20. The number of carbonyl (C=O) groups excluding carboxylic acids is 1. The van der Waals surface area contributed by atoms with Crippen molar-refractivity contribution in [3.8, 4) is 17.2 Å². The highest BCUT2D eigenvalue weighted by atomic mass is 35.5. The Morgan fingerprint density at radius 2 is 1.62 bits per heavy atom. The Kier molecular flexibility index (Phi) is 5.74. The number of Topliss-reactive ketones (excluding diaryl/α,β-unsaturated/α-hetero) is 1. The molecule has 0 fully saturated rings. The molecule has 3 aromatic rings. The topological polar surface area (TPSA) is 59.6 Å². The molecule has 5 nitrogen and oxygen atoms in total. The Hall–Kier alpha value is -3.44. The van der Waals surface area contributed by atoms with Crippen molar-refractivity contribution in [2.24, 2.45) is 5.41 Å². The van der Waals surface area contributed by atoms with Crippen LogP contribution in [0.15, 0.2) is 78.0 Å². The van der Waals surface area contributed by atoms with Crippen molar-refractivity contribution in [2.45, 2.75) is 32.7 Å². The van der Waals surface area contributed by atoms with Gasteiger partial charge in [0.15, 0.2) is 5.78 Å². The minimum absolute atomic E-state index is 0.115. The smallest absolute Gasteiger partial charge is 0.163 e. The standard InChI is InChI=1S/C28H27ClN2O3/c1-28(2)15-24-26(25(32)16-28)27(20-6-4-5-7-21(20)29)31-23-14-19(12-13-22(23)30-24)34-18-10-8-17(33-3)9-11-18/h4-14,27,30-31H,15-16H2,1-3H3. The number of ether oxygens (including phenoxy) is 2. The number of hydrogen-bond donors (Lipinski definition) is 2. The van der Waals surface area contributed by atoms with Gasteiger partial charge in [-0.05, 0) is 59.9 Å². The van der Waals surface area contributed by atoms with Gasteiger partial charge in [0.05, 0.1) is 24.5 Å². The number of carbonyl (C=O) groups is 1.